The highest BCUT2D eigenvalue weighted by Gasteiger charge is 2.27. The van der Waals surface area contributed by atoms with Crippen LogP contribution in [0.25, 0.3) is 0 Å². The lowest BCUT2D eigenvalue weighted by Gasteiger charge is -2.35. The summed E-state index contributed by atoms with van der Waals surface area (Å²) in [5.74, 6) is 2.12. The van der Waals surface area contributed by atoms with Crippen molar-refractivity contribution in [2.45, 2.75) is 39.2 Å². The number of anilines is 1. The molecule has 3 atom stereocenters. The molecule has 0 aromatic carbocycles. The van der Waals surface area contributed by atoms with Gasteiger partial charge in [0, 0.05) is 12.2 Å². The van der Waals surface area contributed by atoms with Gasteiger partial charge in [-0.1, -0.05) is 26.7 Å². The van der Waals surface area contributed by atoms with E-state index >= 15 is 0 Å². The van der Waals surface area contributed by atoms with Gasteiger partial charge in [0.1, 0.15) is 11.9 Å². The van der Waals surface area contributed by atoms with Gasteiger partial charge < -0.3 is 5.32 Å². The number of hydrogen-bond acceptors (Lipinski definition) is 3. The maximum atomic E-state index is 9.04. The first-order chi connectivity index (χ1) is 8.22. The van der Waals surface area contributed by atoms with Crippen molar-refractivity contribution in [1.82, 2.24) is 4.98 Å². The Labute approximate surface area is 103 Å². The monoisotopic (exact) mass is 229 g/mol. The van der Waals surface area contributed by atoms with Crippen LogP contribution in [0.4, 0.5) is 5.82 Å². The molecular formula is C14H19N3. The van der Waals surface area contributed by atoms with Gasteiger partial charge in [-0.3, -0.25) is 0 Å². The summed E-state index contributed by atoms with van der Waals surface area (Å²) in [6.45, 7) is 4.60. The fraction of sp³-hybridized carbons (Fsp3) is 0.571. The van der Waals surface area contributed by atoms with Gasteiger partial charge in [-0.05, 0) is 30.4 Å². The smallest absolute Gasteiger partial charge is 0.144 e. The van der Waals surface area contributed by atoms with E-state index in [1.165, 1.54) is 19.3 Å². The summed E-state index contributed by atoms with van der Waals surface area (Å²) < 4.78 is 0. The van der Waals surface area contributed by atoms with E-state index in [-0.39, 0.29) is 0 Å². The Bertz CT molecular complexity index is 422. The summed E-state index contributed by atoms with van der Waals surface area (Å²) in [6.07, 6.45) is 5.48. The van der Waals surface area contributed by atoms with Gasteiger partial charge in [0.2, 0.25) is 0 Å². The van der Waals surface area contributed by atoms with Crippen LogP contribution in [0.1, 0.15) is 38.7 Å². The molecule has 90 valence electrons. The number of rotatable bonds is 2. The zero-order valence-corrected chi connectivity index (χ0v) is 10.5. The topological polar surface area (TPSA) is 48.7 Å². The Hall–Kier alpha value is -1.56. The molecule has 0 spiro atoms. The Morgan fingerprint density at radius 2 is 2.24 bits per heavy atom. The molecule has 0 amide bonds. The molecule has 1 heterocycles. The van der Waals surface area contributed by atoms with Crippen molar-refractivity contribution < 1.29 is 0 Å². The molecule has 17 heavy (non-hydrogen) atoms. The second kappa shape index (κ2) is 5.18. The van der Waals surface area contributed by atoms with Crippen molar-refractivity contribution >= 4 is 5.82 Å². The van der Waals surface area contributed by atoms with Crippen molar-refractivity contribution in [2.24, 2.45) is 11.8 Å². The molecule has 0 radical (unpaired) electrons. The van der Waals surface area contributed by atoms with Crippen molar-refractivity contribution in [2.75, 3.05) is 5.32 Å². The highest BCUT2D eigenvalue weighted by Crippen LogP contribution is 2.31. The van der Waals surface area contributed by atoms with E-state index < -0.39 is 0 Å². The maximum absolute atomic E-state index is 9.04. The summed E-state index contributed by atoms with van der Waals surface area (Å²) in [5.41, 5.74) is 0.637. The summed E-state index contributed by atoms with van der Waals surface area (Å²) >= 11 is 0. The lowest BCUT2D eigenvalue weighted by molar-refractivity contribution is 0.253. The number of pyridine rings is 1. The van der Waals surface area contributed by atoms with Crippen LogP contribution < -0.4 is 5.32 Å². The van der Waals surface area contributed by atoms with E-state index in [1.807, 2.05) is 6.07 Å². The lowest BCUT2D eigenvalue weighted by atomic mass is 9.78. The second-order valence-electron chi connectivity index (χ2n) is 5.03. The van der Waals surface area contributed by atoms with Crippen LogP contribution in [-0.2, 0) is 0 Å². The fourth-order valence-corrected chi connectivity index (χ4v) is 2.57. The van der Waals surface area contributed by atoms with Gasteiger partial charge in [-0.2, -0.15) is 5.26 Å². The predicted octanol–water partition coefficient (Wildman–Crippen LogP) is 3.19. The fourth-order valence-electron chi connectivity index (χ4n) is 2.57. The van der Waals surface area contributed by atoms with Crippen LogP contribution in [0.3, 0.4) is 0 Å². The summed E-state index contributed by atoms with van der Waals surface area (Å²) in [4.78, 5) is 4.27. The molecule has 1 N–H and O–H groups in total. The van der Waals surface area contributed by atoms with Gasteiger partial charge in [0.25, 0.3) is 0 Å². The highest BCUT2D eigenvalue weighted by atomic mass is 15.0. The van der Waals surface area contributed by atoms with Crippen molar-refractivity contribution in [3.63, 3.8) is 0 Å². The molecule has 2 rings (SSSR count). The van der Waals surface area contributed by atoms with Crippen LogP contribution in [0, 0.1) is 23.2 Å². The number of hydrogen-bond donors (Lipinski definition) is 1. The van der Waals surface area contributed by atoms with E-state index in [0.29, 0.717) is 17.5 Å². The third-order valence-electron chi connectivity index (χ3n) is 3.96. The average Bonchev–Trinajstić information content (AvgIpc) is 2.35. The number of nitriles is 1. The van der Waals surface area contributed by atoms with Gasteiger partial charge in [-0.15, -0.1) is 0 Å². The molecular weight excluding hydrogens is 210 g/mol. The summed E-state index contributed by atoms with van der Waals surface area (Å²) in [6, 6.07) is 6.25. The molecule has 3 heteroatoms. The van der Waals surface area contributed by atoms with Gasteiger partial charge >= 0.3 is 0 Å². The predicted molar refractivity (Wildman–Crippen MR) is 68.5 cm³/mol. The molecule has 1 fully saturated rings. The lowest BCUT2D eigenvalue weighted by Crippen LogP contribution is -2.35. The summed E-state index contributed by atoms with van der Waals surface area (Å²) in [7, 11) is 0. The highest BCUT2D eigenvalue weighted by molar-refractivity contribution is 5.51. The average molecular weight is 229 g/mol. The Morgan fingerprint density at radius 1 is 1.41 bits per heavy atom. The third kappa shape index (κ3) is 2.58. The van der Waals surface area contributed by atoms with E-state index in [9.17, 15) is 0 Å². The quantitative estimate of drug-likeness (QED) is 0.847. The SMILES string of the molecule is C[C@H]1[C@H](C)CCC[C@@H]1Nc1ncccc1C#N. The van der Waals surface area contributed by atoms with Crippen LogP contribution in [-0.4, -0.2) is 11.0 Å². The number of nitrogens with zero attached hydrogens (tertiary/aromatic N) is 2. The van der Waals surface area contributed by atoms with Crippen LogP contribution in [0.15, 0.2) is 18.3 Å². The second-order valence-corrected chi connectivity index (χ2v) is 5.03. The standard InChI is InChI=1S/C14H19N3/c1-10-5-3-7-13(11(10)2)17-14-12(9-15)6-4-8-16-14/h4,6,8,10-11,13H,3,5,7H2,1-2H3,(H,16,17)/t10-,11+,13+/m1/s1. The zero-order valence-electron chi connectivity index (χ0n) is 10.5. The van der Waals surface area contributed by atoms with Crippen LogP contribution in [0.2, 0.25) is 0 Å². The molecule has 1 aliphatic carbocycles. The molecule has 0 saturated heterocycles. The van der Waals surface area contributed by atoms with Crippen LogP contribution in [0.5, 0.6) is 0 Å². The number of nitrogens with one attached hydrogen (secondary N) is 1. The molecule has 1 aromatic rings. The molecule has 1 saturated carbocycles. The first-order valence-corrected chi connectivity index (χ1v) is 6.34. The largest absolute Gasteiger partial charge is 0.366 e. The molecule has 0 bridgehead atoms. The molecule has 0 aliphatic heterocycles. The molecule has 1 aromatic heterocycles. The Morgan fingerprint density at radius 3 is 3.00 bits per heavy atom. The van der Waals surface area contributed by atoms with Gasteiger partial charge in [0.05, 0.1) is 5.56 Å². The number of aromatic nitrogens is 1. The normalized spacial score (nSPS) is 28.4. The first kappa shape index (κ1) is 11.9. The minimum atomic E-state index is 0.445. The Balaban J connectivity index is 2.12. The van der Waals surface area contributed by atoms with Gasteiger partial charge in [0.15, 0.2) is 0 Å². The van der Waals surface area contributed by atoms with E-state index in [4.69, 9.17) is 5.26 Å². The minimum Gasteiger partial charge on any atom is -0.366 e. The summed E-state index contributed by atoms with van der Waals surface area (Å²) in [5, 5.41) is 12.5. The van der Waals surface area contributed by atoms with Gasteiger partial charge in [-0.25, -0.2) is 4.98 Å². The van der Waals surface area contributed by atoms with E-state index in [1.54, 1.807) is 12.3 Å². The third-order valence-corrected chi connectivity index (χ3v) is 3.96. The van der Waals surface area contributed by atoms with E-state index in [2.05, 4.69) is 30.2 Å². The Kier molecular flexibility index (Phi) is 3.63. The minimum absolute atomic E-state index is 0.445. The first-order valence-electron chi connectivity index (χ1n) is 6.34. The van der Waals surface area contributed by atoms with Crippen molar-refractivity contribution in [1.29, 1.82) is 5.26 Å². The van der Waals surface area contributed by atoms with Crippen molar-refractivity contribution in [3.05, 3.63) is 23.9 Å². The zero-order chi connectivity index (χ0) is 12.3. The van der Waals surface area contributed by atoms with E-state index in [0.717, 1.165) is 11.7 Å². The molecule has 1 aliphatic rings. The molecule has 0 unspecified atom stereocenters. The van der Waals surface area contributed by atoms with Crippen LogP contribution >= 0.6 is 0 Å². The molecule has 3 nitrogen and oxygen atoms in total. The maximum Gasteiger partial charge on any atom is 0.144 e. The van der Waals surface area contributed by atoms with Crippen molar-refractivity contribution in [3.8, 4) is 6.07 Å².